The number of ketones is 1. The van der Waals surface area contributed by atoms with Gasteiger partial charge in [-0.2, -0.15) is 0 Å². The van der Waals surface area contributed by atoms with Gasteiger partial charge in [0.25, 0.3) is 0 Å². The Kier molecular flexibility index (Phi) is 4.61. The predicted molar refractivity (Wildman–Crippen MR) is 114 cm³/mol. The van der Waals surface area contributed by atoms with E-state index in [0.29, 0.717) is 61.2 Å². The third kappa shape index (κ3) is 2.61. The van der Waals surface area contributed by atoms with E-state index >= 15 is 0 Å². The average Bonchev–Trinajstić information content (AvgIpc) is 3.46. The highest BCUT2D eigenvalue weighted by atomic mass is 16.5. The fourth-order valence-corrected chi connectivity index (χ4v) is 8.90. The maximum atomic E-state index is 12.2. The van der Waals surface area contributed by atoms with Gasteiger partial charge >= 0.3 is 5.97 Å². The second-order valence-corrected chi connectivity index (χ2v) is 11.6. The van der Waals surface area contributed by atoms with Crippen LogP contribution in [0.5, 0.6) is 0 Å². The first kappa shape index (κ1) is 20.7. The summed E-state index contributed by atoms with van der Waals surface area (Å²) in [5.74, 6) is 3.46. The molecule has 1 N–H and O–H groups in total. The highest BCUT2D eigenvalue weighted by molar-refractivity contribution is 5.92. The maximum absolute atomic E-state index is 12.2. The molecule has 0 saturated heterocycles. The van der Waals surface area contributed by atoms with Crippen LogP contribution >= 0.6 is 0 Å². The SMILES string of the molecule is CCOC(=O)CC[C@]1(O)C(C)CC2C3C4CC4C4=CC(=O)CC[C@]4(C)C3CC[C@@]21C. The van der Waals surface area contributed by atoms with Gasteiger partial charge < -0.3 is 9.84 Å². The number of aliphatic hydroxyl groups is 1. The topological polar surface area (TPSA) is 63.6 Å². The van der Waals surface area contributed by atoms with Crippen LogP contribution in [0.15, 0.2) is 11.6 Å². The molecule has 0 radical (unpaired) electrons. The molecule has 5 aliphatic carbocycles. The molecule has 4 heteroatoms. The van der Waals surface area contributed by atoms with Crippen molar-refractivity contribution in [1.29, 1.82) is 0 Å². The summed E-state index contributed by atoms with van der Waals surface area (Å²) in [6, 6.07) is 0. The van der Waals surface area contributed by atoms with E-state index in [1.165, 1.54) is 12.0 Å². The van der Waals surface area contributed by atoms with Crippen molar-refractivity contribution >= 4 is 11.8 Å². The highest BCUT2D eigenvalue weighted by Gasteiger charge is 2.71. The number of hydrogen-bond donors (Lipinski definition) is 1. The van der Waals surface area contributed by atoms with Crippen LogP contribution < -0.4 is 0 Å². The molecule has 6 unspecified atom stereocenters. The molecule has 0 aromatic carbocycles. The Balaban J connectivity index is 1.44. The second-order valence-electron chi connectivity index (χ2n) is 11.6. The van der Waals surface area contributed by atoms with E-state index in [0.717, 1.165) is 25.7 Å². The number of hydrogen-bond acceptors (Lipinski definition) is 4. The van der Waals surface area contributed by atoms with Gasteiger partial charge in [-0.15, -0.1) is 0 Å². The van der Waals surface area contributed by atoms with Crippen LogP contribution in [0.1, 0.15) is 79.1 Å². The zero-order valence-corrected chi connectivity index (χ0v) is 19.1. The largest absolute Gasteiger partial charge is 0.466 e. The number of carbonyl (C=O) groups excluding carboxylic acids is 2. The number of rotatable bonds is 4. The van der Waals surface area contributed by atoms with Crippen LogP contribution in [0.25, 0.3) is 0 Å². The van der Waals surface area contributed by atoms with Crippen LogP contribution in [0.4, 0.5) is 0 Å². The lowest BCUT2D eigenvalue weighted by Gasteiger charge is -2.59. The van der Waals surface area contributed by atoms with Crippen molar-refractivity contribution in [2.75, 3.05) is 6.61 Å². The number of esters is 1. The fourth-order valence-electron chi connectivity index (χ4n) is 8.90. The molecule has 5 rings (SSSR count). The van der Waals surface area contributed by atoms with Gasteiger partial charge in [-0.3, -0.25) is 9.59 Å². The number of allylic oxidation sites excluding steroid dienone is 1. The lowest BCUT2D eigenvalue weighted by atomic mass is 9.46. The van der Waals surface area contributed by atoms with Gasteiger partial charge in [0.05, 0.1) is 12.2 Å². The summed E-state index contributed by atoms with van der Waals surface area (Å²) in [6.07, 6.45) is 9.01. The molecule has 0 aromatic heterocycles. The molecule has 30 heavy (non-hydrogen) atoms. The van der Waals surface area contributed by atoms with Crippen molar-refractivity contribution in [3.8, 4) is 0 Å². The molecule has 0 heterocycles. The minimum atomic E-state index is -0.792. The van der Waals surface area contributed by atoms with Crippen molar-refractivity contribution in [3.05, 3.63) is 11.6 Å². The van der Waals surface area contributed by atoms with Crippen LogP contribution in [-0.2, 0) is 14.3 Å². The lowest BCUT2D eigenvalue weighted by molar-refractivity contribution is -0.157. The minimum Gasteiger partial charge on any atom is -0.466 e. The summed E-state index contributed by atoms with van der Waals surface area (Å²) in [5.41, 5.74) is 0.721. The standard InChI is InChI=1S/C26H38O4/c1-5-30-22(28)8-11-26(29)15(2)12-21-23-18-14-17(18)20-13-16(27)6-9-24(20,3)19(23)7-10-25(21,26)4/h13,15,17-19,21,23,29H,5-12,14H2,1-4H3/t15?,17?,18?,19?,21?,23?,24-,25+,26+/m1/s1. The number of fused-ring (bicyclic) bond motifs is 8. The van der Waals surface area contributed by atoms with Gasteiger partial charge in [-0.1, -0.05) is 26.3 Å². The van der Waals surface area contributed by atoms with Crippen molar-refractivity contribution in [2.45, 2.75) is 84.7 Å². The van der Waals surface area contributed by atoms with Gasteiger partial charge in [-0.25, -0.2) is 0 Å². The van der Waals surface area contributed by atoms with E-state index in [-0.39, 0.29) is 22.7 Å². The zero-order valence-electron chi connectivity index (χ0n) is 19.1. The Morgan fingerprint density at radius 1 is 1.23 bits per heavy atom. The molecule has 4 nitrogen and oxygen atoms in total. The third-order valence-corrected chi connectivity index (χ3v) is 10.6. The van der Waals surface area contributed by atoms with E-state index in [1.807, 2.05) is 13.0 Å². The minimum absolute atomic E-state index is 0.130. The quantitative estimate of drug-likeness (QED) is 0.678. The van der Waals surface area contributed by atoms with E-state index in [1.54, 1.807) is 0 Å². The van der Waals surface area contributed by atoms with Gasteiger partial charge in [0.15, 0.2) is 5.78 Å². The van der Waals surface area contributed by atoms with Crippen molar-refractivity contribution in [3.63, 3.8) is 0 Å². The molecular formula is C26H38O4. The average molecular weight is 415 g/mol. The van der Waals surface area contributed by atoms with Gasteiger partial charge in [-0.05, 0) is 97.9 Å². The summed E-state index contributed by atoms with van der Waals surface area (Å²) in [7, 11) is 0. The second kappa shape index (κ2) is 6.67. The van der Waals surface area contributed by atoms with Crippen molar-refractivity contribution in [2.24, 2.45) is 46.3 Å². The van der Waals surface area contributed by atoms with E-state index < -0.39 is 5.60 Å². The molecule has 0 spiro atoms. The molecule has 166 valence electrons. The van der Waals surface area contributed by atoms with Crippen LogP contribution in [0.2, 0.25) is 0 Å². The Morgan fingerprint density at radius 2 is 2.00 bits per heavy atom. The van der Waals surface area contributed by atoms with Crippen LogP contribution in [-0.4, -0.2) is 29.1 Å². The Bertz CT molecular complexity index is 801. The lowest BCUT2D eigenvalue weighted by Crippen LogP contribution is -2.56. The first-order valence-corrected chi connectivity index (χ1v) is 12.3. The predicted octanol–water partition coefficient (Wildman–Crippen LogP) is 4.69. The molecular weight excluding hydrogens is 376 g/mol. The Morgan fingerprint density at radius 3 is 2.73 bits per heavy atom. The molecule has 5 aliphatic rings. The van der Waals surface area contributed by atoms with Gasteiger partial charge in [0, 0.05) is 12.8 Å². The molecule has 9 atom stereocenters. The third-order valence-electron chi connectivity index (χ3n) is 10.6. The van der Waals surface area contributed by atoms with Crippen LogP contribution in [0, 0.1) is 46.3 Å². The first-order chi connectivity index (χ1) is 14.2. The summed E-state index contributed by atoms with van der Waals surface area (Å²) in [4.78, 5) is 24.2. The normalized spacial score (nSPS) is 51.2. The van der Waals surface area contributed by atoms with Gasteiger partial charge in [0.1, 0.15) is 0 Å². The monoisotopic (exact) mass is 414 g/mol. The first-order valence-electron chi connectivity index (χ1n) is 12.3. The van der Waals surface area contributed by atoms with Gasteiger partial charge in [0.2, 0.25) is 0 Å². The summed E-state index contributed by atoms with van der Waals surface area (Å²) in [6.45, 7) is 9.18. The van der Waals surface area contributed by atoms with E-state index in [9.17, 15) is 14.7 Å². The Hall–Kier alpha value is -1.16. The fraction of sp³-hybridized carbons (Fsp3) is 0.846. The van der Waals surface area contributed by atoms with Crippen LogP contribution in [0.3, 0.4) is 0 Å². The molecule has 4 saturated carbocycles. The molecule has 0 aromatic rings. The maximum Gasteiger partial charge on any atom is 0.305 e. The molecule has 0 aliphatic heterocycles. The smallest absolute Gasteiger partial charge is 0.305 e. The van der Waals surface area contributed by atoms with E-state index in [4.69, 9.17) is 4.74 Å². The molecule has 0 bridgehead atoms. The number of ether oxygens (including phenoxy) is 1. The van der Waals surface area contributed by atoms with Crippen molar-refractivity contribution < 1.29 is 19.4 Å². The summed E-state index contributed by atoms with van der Waals surface area (Å²) < 4.78 is 5.16. The Labute approximate surface area is 180 Å². The van der Waals surface area contributed by atoms with E-state index in [2.05, 4.69) is 20.8 Å². The van der Waals surface area contributed by atoms with Crippen molar-refractivity contribution in [1.82, 2.24) is 0 Å². The summed E-state index contributed by atoms with van der Waals surface area (Å²) >= 11 is 0. The zero-order chi connectivity index (χ0) is 21.5. The molecule has 0 amide bonds. The molecule has 4 fully saturated rings. The summed E-state index contributed by atoms with van der Waals surface area (Å²) in [5, 5.41) is 12.0. The highest BCUT2D eigenvalue weighted by Crippen LogP contribution is 2.75. The number of carbonyl (C=O) groups is 2.